The van der Waals surface area contributed by atoms with Gasteiger partial charge in [-0.2, -0.15) is 0 Å². The molecule has 13 heavy (non-hydrogen) atoms. The molecule has 0 bridgehead atoms. The summed E-state index contributed by atoms with van der Waals surface area (Å²) in [5.41, 5.74) is 0. The molecule has 78 valence electrons. The number of hydrogen-bond donors (Lipinski definition) is 0. The third-order valence-electron chi connectivity index (χ3n) is 1.82. The van der Waals surface area contributed by atoms with E-state index in [-0.39, 0.29) is 6.29 Å². The molecule has 1 saturated heterocycles. The van der Waals surface area contributed by atoms with E-state index < -0.39 is 17.8 Å². The molecule has 0 N–H and O–H groups in total. The average Bonchev–Trinajstić information content (AvgIpc) is 1.98. The Labute approximate surface area is 84.3 Å². The molecular weight excluding hydrogens is 208 g/mol. The fraction of sp³-hybridized carbons (Fsp3) is 1.00. The Balaban J connectivity index is 2.34. The van der Waals surface area contributed by atoms with Crippen LogP contribution in [0.4, 0.5) is 0 Å². The summed E-state index contributed by atoms with van der Waals surface area (Å²) in [6.45, 7) is 5.98. The van der Waals surface area contributed by atoms with Crippen molar-refractivity contribution >= 4 is 0 Å². The van der Waals surface area contributed by atoms with Gasteiger partial charge < -0.3 is 0 Å². The Morgan fingerprint density at radius 1 is 1.31 bits per heavy atom. The third kappa shape index (κ3) is 3.66. The topological polar surface area (TPSA) is 36.9 Å². The minimum absolute atomic E-state index is 0.0805. The van der Waals surface area contributed by atoms with Crippen molar-refractivity contribution in [1.82, 2.24) is 0 Å². The molecule has 0 aliphatic carbocycles. The molecule has 0 aromatic heterocycles. The van der Waals surface area contributed by atoms with Crippen LogP contribution in [0.1, 0.15) is 20.3 Å². The van der Waals surface area contributed by atoms with Crippen LogP contribution in [-0.4, -0.2) is 26.1 Å². The van der Waals surface area contributed by atoms with Crippen molar-refractivity contribution < 1.29 is 32.4 Å². The van der Waals surface area contributed by atoms with Gasteiger partial charge in [-0.1, -0.05) is 0 Å². The van der Waals surface area contributed by atoms with Crippen LogP contribution in [0.3, 0.4) is 0 Å². The maximum atomic E-state index is 5.68. The molecule has 1 aliphatic rings. The van der Waals surface area contributed by atoms with Crippen molar-refractivity contribution in [3.05, 3.63) is 0 Å². The Morgan fingerprint density at radius 2 is 1.85 bits per heavy atom. The number of hydrogen-bond acceptors (Lipinski definition) is 4. The summed E-state index contributed by atoms with van der Waals surface area (Å²) in [6, 6.07) is 0. The van der Waals surface area contributed by atoms with Gasteiger partial charge in [0.25, 0.3) is 0 Å². The van der Waals surface area contributed by atoms with Gasteiger partial charge in [-0.15, -0.1) is 0 Å². The van der Waals surface area contributed by atoms with Crippen molar-refractivity contribution in [2.45, 2.75) is 31.8 Å². The molecule has 0 aromatic rings. The van der Waals surface area contributed by atoms with Crippen LogP contribution in [0, 0.1) is 0 Å². The van der Waals surface area contributed by atoms with E-state index in [0.717, 1.165) is 13.0 Å². The van der Waals surface area contributed by atoms with E-state index in [0.29, 0.717) is 13.2 Å². The van der Waals surface area contributed by atoms with E-state index in [1.165, 1.54) is 0 Å². The van der Waals surface area contributed by atoms with Gasteiger partial charge in [-0.05, 0) is 0 Å². The summed E-state index contributed by atoms with van der Waals surface area (Å²) >= 11 is -2.92. The van der Waals surface area contributed by atoms with Crippen LogP contribution in [0.2, 0.25) is 5.23 Å². The van der Waals surface area contributed by atoms with Gasteiger partial charge in [-0.3, -0.25) is 0 Å². The van der Waals surface area contributed by atoms with Crippen molar-refractivity contribution in [2.75, 3.05) is 19.8 Å². The summed E-state index contributed by atoms with van der Waals surface area (Å²) in [5, 5.41) is 1.95. The van der Waals surface area contributed by atoms with Gasteiger partial charge in [0.2, 0.25) is 0 Å². The molecule has 1 fully saturated rings. The SMILES string of the molecule is CC[O][Ti]([CH3])([O]CC)[O]C1CCO1. The van der Waals surface area contributed by atoms with Crippen molar-refractivity contribution in [3.63, 3.8) is 0 Å². The first-order valence-electron chi connectivity index (χ1n) is 4.77. The molecule has 0 aromatic carbocycles. The predicted octanol–water partition coefficient (Wildman–Crippen LogP) is 1.77. The Morgan fingerprint density at radius 3 is 2.15 bits per heavy atom. The normalized spacial score (nSPS) is 22.8. The molecular formula is C8H18O4Ti. The maximum absolute atomic E-state index is 5.68. The summed E-state index contributed by atoms with van der Waals surface area (Å²) in [6.07, 6.45) is 0.879. The Kier molecular flexibility index (Phi) is 4.86. The van der Waals surface area contributed by atoms with Gasteiger partial charge in [0.05, 0.1) is 0 Å². The molecule has 1 atom stereocenters. The third-order valence-corrected chi connectivity index (χ3v) is 5.43. The first-order valence-corrected chi connectivity index (χ1v) is 8.25. The van der Waals surface area contributed by atoms with Gasteiger partial charge in [0.1, 0.15) is 0 Å². The molecule has 1 rings (SSSR count). The van der Waals surface area contributed by atoms with Crippen molar-refractivity contribution in [1.29, 1.82) is 0 Å². The van der Waals surface area contributed by atoms with Crippen LogP contribution in [-0.2, 0) is 32.4 Å². The van der Waals surface area contributed by atoms with Crippen LogP contribution in [0.15, 0.2) is 0 Å². The predicted molar refractivity (Wildman–Crippen MR) is 44.6 cm³/mol. The molecule has 0 amide bonds. The second-order valence-electron chi connectivity index (χ2n) is 2.94. The monoisotopic (exact) mass is 226 g/mol. The van der Waals surface area contributed by atoms with Crippen LogP contribution in [0.5, 0.6) is 0 Å². The quantitative estimate of drug-likeness (QED) is 0.647. The molecule has 0 radical (unpaired) electrons. The van der Waals surface area contributed by atoms with E-state index in [9.17, 15) is 0 Å². The number of ether oxygens (including phenoxy) is 1. The van der Waals surface area contributed by atoms with Gasteiger partial charge in [0, 0.05) is 0 Å². The van der Waals surface area contributed by atoms with E-state index in [1.807, 2.05) is 19.1 Å². The molecule has 1 heterocycles. The van der Waals surface area contributed by atoms with E-state index in [1.54, 1.807) is 0 Å². The molecule has 1 aliphatic heterocycles. The molecule has 1 unspecified atom stereocenters. The first kappa shape index (κ1) is 11.6. The molecule has 0 spiro atoms. The summed E-state index contributed by atoms with van der Waals surface area (Å²) < 4.78 is 21.9. The Bertz CT molecular complexity index is 143. The molecule has 4 nitrogen and oxygen atoms in total. The van der Waals surface area contributed by atoms with Crippen LogP contribution < -0.4 is 0 Å². The zero-order valence-corrected chi connectivity index (χ0v) is 10.1. The second kappa shape index (κ2) is 5.44. The summed E-state index contributed by atoms with van der Waals surface area (Å²) in [5.74, 6) is 0. The average molecular weight is 226 g/mol. The zero-order valence-electron chi connectivity index (χ0n) is 8.54. The van der Waals surface area contributed by atoms with Crippen LogP contribution in [0.25, 0.3) is 0 Å². The van der Waals surface area contributed by atoms with Crippen LogP contribution >= 0.6 is 0 Å². The van der Waals surface area contributed by atoms with E-state index in [2.05, 4.69) is 0 Å². The zero-order chi connectivity index (χ0) is 9.73. The Hall–Kier alpha value is 0.554. The summed E-state index contributed by atoms with van der Waals surface area (Å²) in [4.78, 5) is 0. The first-order chi connectivity index (χ1) is 6.20. The van der Waals surface area contributed by atoms with Gasteiger partial charge >= 0.3 is 84.1 Å². The van der Waals surface area contributed by atoms with Gasteiger partial charge in [-0.25, -0.2) is 0 Å². The number of rotatable bonds is 6. The molecule has 5 heteroatoms. The summed E-state index contributed by atoms with van der Waals surface area (Å²) in [7, 11) is 0. The van der Waals surface area contributed by atoms with E-state index >= 15 is 0 Å². The van der Waals surface area contributed by atoms with Gasteiger partial charge in [0.15, 0.2) is 0 Å². The van der Waals surface area contributed by atoms with Crippen molar-refractivity contribution in [2.24, 2.45) is 0 Å². The van der Waals surface area contributed by atoms with Crippen molar-refractivity contribution in [3.8, 4) is 0 Å². The fourth-order valence-electron chi connectivity index (χ4n) is 1.18. The van der Waals surface area contributed by atoms with E-state index in [4.69, 9.17) is 14.7 Å². The molecule has 0 saturated carbocycles. The minimum atomic E-state index is -2.92. The standard InChI is InChI=1S/C3H5O2.2C2H5O.CH3.Ti/c4-3-1-2-5-3;2*1-2-3;;/h3H,1-2H2;2*2H2,1H3;1H3;/q3*-1;;+3. The fourth-order valence-corrected chi connectivity index (χ4v) is 4.20. The second-order valence-corrected chi connectivity index (χ2v) is 6.90.